The van der Waals surface area contributed by atoms with Gasteiger partial charge in [0.25, 0.3) is 5.91 Å². The molecule has 0 atom stereocenters. The minimum atomic E-state index is -0.180. The van der Waals surface area contributed by atoms with E-state index >= 15 is 0 Å². The van der Waals surface area contributed by atoms with Crippen LogP contribution in [0.25, 0.3) is 32.9 Å². The molecule has 0 bridgehead atoms. The summed E-state index contributed by atoms with van der Waals surface area (Å²) < 4.78 is 8.36. The fourth-order valence-electron chi connectivity index (χ4n) is 3.00. The van der Waals surface area contributed by atoms with Gasteiger partial charge in [-0.3, -0.25) is 4.79 Å². The van der Waals surface area contributed by atoms with Gasteiger partial charge in [0.15, 0.2) is 0 Å². The van der Waals surface area contributed by atoms with Crippen LogP contribution in [0.3, 0.4) is 0 Å². The molecule has 0 aliphatic rings. The first-order valence-electron chi connectivity index (χ1n) is 8.91. The molecule has 0 fully saturated rings. The van der Waals surface area contributed by atoms with Gasteiger partial charge < -0.3 is 5.32 Å². The molecule has 5 rings (SSSR count). The molecule has 0 radical (unpaired) electrons. The number of thiazole rings is 1. The second kappa shape index (κ2) is 7.54. The average Bonchev–Trinajstić information content (AvgIpc) is 3.44. The number of hydrogen-bond donors (Lipinski definition) is 1. The van der Waals surface area contributed by atoms with E-state index in [1.165, 1.54) is 0 Å². The molecule has 0 saturated heterocycles. The van der Waals surface area contributed by atoms with Gasteiger partial charge >= 0.3 is 0 Å². The lowest BCUT2D eigenvalue weighted by Gasteiger charge is -2.07. The van der Waals surface area contributed by atoms with Crippen molar-refractivity contribution in [3.05, 3.63) is 83.7 Å². The summed E-state index contributed by atoms with van der Waals surface area (Å²) in [6.07, 6.45) is 0. The minimum Gasteiger partial charge on any atom is -0.322 e. The number of carbonyl (C=O) groups excluding carboxylic acids is 1. The van der Waals surface area contributed by atoms with Crippen LogP contribution in [-0.2, 0) is 0 Å². The molecule has 29 heavy (non-hydrogen) atoms. The Hall–Kier alpha value is -3.42. The highest BCUT2D eigenvalue weighted by molar-refractivity contribution is 7.13. The summed E-state index contributed by atoms with van der Waals surface area (Å²) in [6.45, 7) is 0. The molecule has 2 aromatic heterocycles. The molecule has 3 aromatic carbocycles. The van der Waals surface area contributed by atoms with E-state index < -0.39 is 0 Å². The van der Waals surface area contributed by atoms with Crippen molar-refractivity contribution >= 4 is 45.7 Å². The van der Waals surface area contributed by atoms with Gasteiger partial charge in [0.2, 0.25) is 0 Å². The fraction of sp³-hybridized carbons (Fsp3) is 0. The number of fused-ring (bicyclic) bond motifs is 1. The van der Waals surface area contributed by atoms with Crippen molar-refractivity contribution < 1.29 is 4.79 Å². The Balaban J connectivity index is 1.38. The van der Waals surface area contributed by atoms with E-state index in [4.69, 9.17) is 4.98 Å². The zero-order valence-corrected chi connectivity index (χ0v) is 16.7. The van der Waals surface area contributed by atoms with E-state index in [9.17, 15) is 4.79 Å². The van der Waals surface area contributed by atoms with Crippen molar-refractivity contribution in [3.63, 3.8) is 0 Å². The third kappa shape index (κ3) is 3.65. The Morgan fingerprint density at radius 2 is 1.66 bits per heavy atom. The van der Waals surface area contributed by atoms with Crippen LogP contribution in [0.15, 0.2) is 78.2 Å². The maximum absolute atomic E-state index is 12.6. The minimum absolute atomic E-state index is 0.180. The number of nitrogens with one attached hydrogen (secondary N) is 1. The Kier molecular flexibility index (Phi) is 4.59. The standard InChI is InChI=1S/C22H14N4OS2/c27-21(16-9-10-18-19(12-16)26-29-25-18)23-17-8-4-7-15(11-17)20-13-28-22(24-20)14-5-2-1-3-6-14/h1-13H,(H,23,27). The quantitative estimate of drug-likeness (QED) is 0.407. The smallest absolute Gasteiger partial charge is 0.255 e. The van der Waals surface area contributed by atoms with Crippen molar-refractivity contribution in [2.24, 2.45) is 0 Å². The normalized spacial score (nSPS) is 10.9. The van der Waals surface area contributed by atoms with Crippen molar-refractivity contribution in [2.45, 2.75) is 0 Å². The second-order valence-electron chi connectivity index (χ2n) is 6.41. The number of carbonyl (C=O) groups is 1. The molecule has 0 aliphatic carbocycles. The average molecular weight is 415 g/mol. The Bertz CT molecular complexity index is 1310. The third-order valence-electron chi connectivity index (χ3n) is 4.46. The molecular formula is C22H14N4OS2. The zero-order chi connectivity index (χ0) is 19.6. The summed E-state index contributed by atoms with van der Waals surface area (Å²) in [4.78, 5) is 17.4. The molecule has 2 heterocycles. The molecule has 0 aliphatic heterocycles. The Labute approximate surface area is 175 Å². The van der Waals surface area contributed by atoms with Crippen molar-refractivity contribution in [2.75, 3.05) is 5.32 Å². The molecule has 0 unspecified atom stereocenters. The third-order valence-corrected chi connectivity index (χ3v) is 5.91. The molecule has 7 heteroatoms. The van der Waals surface area contributed by atoms with Crippen LogP contribution in [0.2, 0.25) is 0 Å². The largest absolute Gasteiger partial charge is 0.322 e. The molecule has 0 spiro atoms. The number of benzene rings is 3. The maximum Gasteiger partial charge on any atom is 0.255 e. The lowest BCUT2D eigenvalue weighted by Crippen LogP contribution is -2.11. The van der Waals surface area contributed by atoms with Crippen LogP contribution >= 0.6 is 23.1 Å². The number of rotatable bonds is 4. The van der Waals surface area contributed by atoms with E-state index in [0.29, 0.717) is 5.56 Å². The Morgan fingerprint density at radius 3 is 2.55 bits per heavy atom. The molecule has 1 N–H and O–H groups in total. The van der Waals surface area contributed by atoms with E-state index in [1.807, 2.05) is 66.0 Å². The molecule has 140 valence electrons. The van der Waals surface area contributed by atoms with Gasteiger partial charge in [0.1, 0.15) is 16.0 Å². The van der Waals surface area contributed by atoms with Gasteiger partial charge in [-0.2, -0.15) is 8.75 Å². The number of nitrogens with zero attached hydrogens (tertiary/aromatic N) is 3. The topological polar surface area (TPSA) is 67.8 Å². The molecular weight excluding hydrogens is 400 g/mol. The SMILES string of the molecule is O=C(Nc1cccc(-c2csc(-c3ccccc3)n2)c1)c1ccc2nsnc2c1. The van der Waals surface area contributed by atoms with Crippen LogP contribution in [0.5, 0.6) is 0 Å². The van der Waals surface area contributed by atoms with Crippen molar-refractivity contribution in [1.82, 2.24) is 13.7 Å². The molecule has 0 saturated carbocycles. The highest BCUT2D eigenvalue weighted by Gasteiger charge is 2.11. The summed E-state index contributed by atoms with van der Waals surface area (Å²) in [7, 11) is 0. The van der Waals surface area contributed by atoms with Gasteiger partial charge in [0, 0.05) is 27.8 Å². The summed E-state index contributed by atoms with van der Waals surface area (Å²) in [5.74, 6) is -0.180. The van der Waals surface area contributed by atoms with Crippen molar-refractivity contribution in [3.8, 4) is 21.8 Å². The first-order chi connectivity index (χ1) is 14.3. The van der Waals surface area contributed by atoms with Crippen LogP contribution in [0.1, 0.15) is 10.4 Å². The van der Waals surface area contributed by atoms with E-state index in [0.717, 1.165) is 50.3 Å². The summed E-state index contributed by atoms with van der Waals surface area (Å²) in [5, 5.41) is 5.96. The first kappa shape index (κ1) is 17.7. The molecule has 5 nitrogen and oxygen atoms in total. The predicted molar refractivity (Wildman–Crippen MR) is 118 cm³/mol. The van der Waals surface area contributed by atoms with Gasteiger partial charge in [-0.1, -0.05) is 42.5 Å². The lowest BCUT2D eigenvalue weighted by molar-refractivity contribution is 0.102. The number of anilines is 1. The van der Waals surface area contributed by atoms with Gasteiger partial charge in [-0.15, -0.1) is 11.3 Å². The monoisotopic (exact) mass is 414 g/mol. The molecule has 5 aromatic rings. The fourth-order valence-corrected chi connectivity index (χ4v) is 4.36. The van der Waals surface area contributed by atoms with Crippen molar-refractivity contribution in [1.29, 1.82) is 0 Å². The van der Waals surface area contributed by atoms with Crippen LogP contribution in [0, 0.1) is 0 Å². The van der Waals surface area contributed by atoms with E-state index in [-0.39, 0.29) is 5.91 Å². The predicted octanol–water partition coefficient (Wildman–Crippen LogP) is 5.73. The van der Waals surface area contributed by atoms with Gasteiger partial charge in [0.05, 0.1) is 17.4 Å². The number of amides is 1. The Morgan fingerprint density at radius 1 is 0.828 bits per heavy atom. The molecule has 1 amide bonds. The summed E-state index contributed by atoms with van der Waals surface area (Å²) in [6, 6.07) is 23.1. The maximum atomic E-state index is 12.6. The van der Waals surface area contributed by atoms with Crippen LogP contribution in [-0.4, -0.2) is 19.6 Å². The number of aromatic nitrogens is 3. The second-order valence-corrected chi connectivity index (χ2v) is 7.79. The van der Waals surface area contributed by atoms with Gasteiger partial charge in [-0.25, -0.2) is 4.98 Å². The number of hydrogen-bond acceptors (Lipinski definition) is 6. The van der Waals surface area contributed by atoms with E-state index in [1.54, 1.807) is 23.5 Å². The highest BCUT2D eigenvalue weighted by atomic mass is 32.1. The summed E-state index contributed by atoms with van der Waals surface area (Å²) >= 11 is 2.75. The summed E-state index contributed by atoms with van der Waals surface area (Å²) in [5.41, 5.74) is 5.74. The highest BCUT2D eigenvalue weighted by Crippen LogP contribution is 2.30. The van der Waals surface area contributed by atoms with E-state index in [2.05, 4.69) is 14.1 Å². The van der Waals surface area contributed by atoms with Gasteiger partial charge in [-0.05, 0) is 30.3 Å². The lowest BCUT2D eigenvalue weighted by atomic mass is 10.1. The van der Waals surface area contributed by atoms with Crippen LogP contribution < -0.4 is 5.32 Å². The first-order valence-corrected chi connectivity index (χ1v) is 10.5. The zero-order valence-electron chi connectivity index (χ0n) is 15.1. The van der Waals surface area contributed by atoms with Crippen LogP contribution in [0.4, 0.5) is 5.69 Å².